The first-order chi connectivity index (χ1) is 10.3. The first-order valence-corrected chi connectivity index (χ1v) is 8.05. The van der Waals surface area contributed by atoms with Gasteiger partial charge >= 0.3 is 0 Å². The fraction of sp³-hybridized carbons (Fsp3) is 0.471. The summed E-state index contributed by atoms with van der Waals surface area (Å²) < 4.78 is 5.36. The Kier molecular flexibility index (Phi) is 4.91. The van der Waals surface area contributed by atoms with Crippen LogP contribution in [-0.4, -0.2) is 10.1 Å². The second-order valence-electron chi connectivity index (χ2n) is 5.76. The van der Waals surface area contributed by atoms with Gasteiger partial charge in [0.1, 0.15) is 0 Å². The SMILES string of the molecule is Clc1ccc(Cc2noc(CCC3CC[CH]CC3)n2)cc1. The number of aromatic nitrogens is 2. The number of rotatable bonds is 5. The van der Waals surface area contributed by atoms with Gasteiger partial charge in [-0.15, -0.1) is 0 Å². The van der Waals surface area contributed by atoms with Gasteiger partial charge in [-0.25, -0.2) is 0 Å². The Bertz CT molecular complexity index is 558. The van der Waals surface area contributed by atoms with Crippen molar-refractivity contribution in [2.45, 2.75) is 44.9 Å². The van der Waals surface area contributed by atoms with Crippen molar-refractivity contribution in [1.29, 1.82) is 0 Å². The third-order valence-electron chi connectivity index (χ3n) is 4.11. The van der Waals surface area contributed by atoms with Gasteiger partial charge in [-0.3, -0.25) is 0 Å². The van der Waals surface area contributed by atoms with Crippen molar-refractivity contribution >= 4 is 11.6 Å². The molecule has 3 rings (SSSR count). The summed E-state index contributed by atoms with van der Waals surface area (Å²) in [5.74, 6) is 2.35. The minimum absolute atomic E-state index is 0.694. The van der Waals surface area contributed by atoms with E-state index in [1.807, 2.05) is 24.3 Å². The molecule has 0 spiro atoms. The molecule has 0 saturated heterocycles. The lowest BCUT2D eigenvalue weighted by Crippen LogP contribution is -2.07. The van der Waals surface area contributed by atoms with Crippen molar-refractivity contribution in [3.63, 3.8) is 0 Å². The lowest BCUT2D eigenvalue weighted by atomic mass is 9.86. The Balaban J connectivity index is 1.52. The van der Waals surface area contributed by atoms with Crippen LogP contribution in [0.5, 0.6) is 0 Å². The van der Waals surface area contributed by atoms with Gasteiger partial charge in [0.05, 0.1) is 0 Å². The summed E-state index contributed by atoms with van der Waals surface area (Å²) in [5, 5.41) is 4.82. The number of hydrogen-bond acceptors (Lipinski definition) is 3. The van der Waals surface area contributed by atoms with Crippen molar-refractivity contribution in [2.24, 2.45) is 5.92 Å². The minimum atomic E-state index is 0.694. The standard InChI is InChI=1S/C17H20ClN2O/c18-15-9-6-14(7-10-15)12-16-19-17(21-20-16)11-8-13-4-2-1-3-5-13/h1,6-7,9-10,13H,2-5,8,11-12H2. The highest BCUT2D eigenvalue weighted by Crippen LogP contribution is 2.26. The zero-order chi connectivity index (χ0) is 14.5. The predicted molar refractivity (Wildman–Crippen MR) is 83.1 cm³/mol. The molecule has 111 valence electrons. The van der Waals surface area contributed by atoms with E-state index in [1.54, 1.807) is 0 Å². The average Bonchev–Trinajstić information content (AvgIpc) is 2.96. The quantitative estimate of drug-likeness (QED) is 0.807. The predicted octanol–water partition coefficient (Wildman–Crippen LogP) is 4.64. The highest BCUT2D eigenvalue weighted by molar-refractivity contribution is 6.30. The van der Waals surface area contributed by atoms with Crippen molar-refractivity contribution < 1.29 is 4.52 Å². The van der Waals surface area contributed by atoms with E-state index in [0.717, 1.165) is 41.1 Å². The monoisotopic (exact) mass is 303 g/mol. The smallest absolute Gasteiger partial charge is 0.226 e. The van der Waals surface area contributed by atoms with E-state index in [1.165, 1.54) is 25.7 Å². The lowest BCUT2D eigenvalue weighted by Gasteiger charge is -2.20. The molecule has 1 aliphatic carbocycles. The summed E-state index contributed by atoms with van der Waals surface area (Å²) in [6, 6.07) is 7.77. The molecule has 0 aliphatic heterocycles. The van der Waals surface area contributed by atoms with Crippen molar-refractivity contribution in [1.82, 2.24) is 10.1 Å². The van der Waals surface area contributed by atoms with E-state index in [-0.39, 0.29) is 0 Å². The second-order valence-corrected chi connectivity index (χ2v) is 6.19. The van der Waals surface area contributed by atoms with Crippen LogP contribution < -0.4 is 0 Å². The number of halogens is 1. The van der Waals surface area contributed by atoms with Crippen LogP contribution in [0.15, 0.2) is 28.8 Å². The van der Waals surface area contributed by atoms with Gasteiger partial charge in [-0.2, -0.15) is 4.98 Å². The topological polar surface area (TPSA) is 38.9 Å². The van der Waals surface area contributed by atoms with Gasteiger partial charge in [0.2, 0.25) is 5.89 Å². The Hall–Kier alpha value is -1.35. The van der Waals surface area contributed by atoms with E-state index < -0.39 is 0 Å². The van der Waals surface area contributed by atoms with E-state index >= 15 is 0 Å². The van der Waals surface area contributed by atoms with Gasteiger partial charge in [0, 0.05) is 17.9 Å². The average molecular weight is 304 g/mol. The largest absolute Gasteiger partial charge is 0.339 e. The summed E-state index contributed by atoms with van der Waals surface area (Å²) >= 11 is 5.88. The molecule has 21 heavy (non-hydrogen) atoms. The molecular weight excluding hydrogens is 284 g/mol. The molecule has 0 bridgehead atoms. The Morgan fingerprint density at radius 3 is 2.67 bits per heavy atom. The molecule has 1 radical (unpaired) electrons. The van der Waals surface area contributed by atoms with Crippen LogP contribution in [-0.2, 0) is 12.8 Å². The molecule has 2 aromatic rings. The van der Waals surface area contributed by atoms with Crippen LogP contribution >= 0.6 is 11.6 Å². The normalized spacial score (nSPS) is 16.2. The van der Waals surface area contributed by atoms with Crippen LogP contribution in [0.2, 0.25) is 5.02 Å². The second kappa shape index (κ2) is 7.08. The number of benzene rings is 1. The first-order valence-electron chi connectivity index (χ1n) is 7.67. The summed E-state index contributed by atoms with van der Waals surface area (Å²) in [6.45, 7) is 0. The molecular formula is C17H20ClN2O. The van der Waals surface area contributed by atoms with Crippen molar-refractivity contribution in [3.05, 3.63) is 53.0 Å². The molecule has 0 atom stereocenters. The number of nitrogens with zero attached hydrogens (tertiary/aromatic N) is 2. The molecule has 0 amide bonds. The highest BCUT2D eigenvalue weighted by Gasteiger charge is 2.15. The van der Waals surface area contributed by atoms with E-state index in [2.05, 4.69) is 16.6 Å². The maximum absolute atomic E-state index is 5.88. The third-order valence-corrected chi connectivity index (χ3v) is 4.36. The number of aryl methyl sites for hydroxylation is 1. The summed E-state index contributed by atoms with van der Waals surface area (Å²) in [7, 11) is 0. The molecule has 1 fully saturated rings. The lowest BCUT2D eigenvalue weighted by molar-refractivity contribution is 0.334. The van der Waals surface area contributed by atoms with Crippen LogP contribution in [0.4, 0.5) is 0 Å². The Morgan fingerprint density at radius 1 is 1.14 bits per heavy atom. The van der Waals surface area contributed by atoms with Crippen LogP contribution in [0.3, 0.4) is 0 Å². The van der Waals surface area contributed by atoms with Crippen molar-refractivity contribution in [2.75, 3.05) is 0 Å². The minimum Gasteiger partial charge on any atom is -0.339 e. The van der Waals surface area contributed by atoms with Gasteiger partial charge in [-0.1, -0.05) is 41.7 Å². The van der Waals surface area contributed by atoms with Crippen LogP contribution in [0.25, 0.3) is 0 Å². The molecule has 1 heterocycles. The van der Waals surface area contributed by atoms with Gasteiger partial charge < -0.3 is 4.52 Å². The van der Waals surface area contributed by atoms with Gasteiger partial charge in [-0.05, 0) is 49.3 Å². The summed E-state index contributed by atoms with van der Waals surface area (Å²) in [4.78, 5) is 4.49. The maximum atomic E-state index is 5.88. The molecule has 1 aromatic carbocycles. The zero-order valence-electron chi connectivity index (χ0n) is 12.1. The molecule has 1 aliphatic rings. The first kappa shape index (κ1) is 14.6. The highest BCUT2D eigenvalue weighted by atomic mass is 35.5. The third kappa shape index (κ3) is 4.31. The fourth-order valence-corrected chi connectivity index (χ4v) is 2.99. The Labute approximate surface area is 130 Å². The molecule has 4 heteroatoms. The maximum Gasteiger partial charge on any atom is 0.226 e. The van der Waals surface area contributed by atoms with Crippen molar-refractivity contribution in [3.8, 4) is 0 Å². The summed E-state index contributed by atoms with van der Waals surface area (Å²) in [6.07, 6.45) is 10.3. The van der Waals surface area contributed by atoms with E-state index in [0.29, 0.717) is 6.42 Å². The molecule has 0 N–H and O–H groups in total. The molecule has 1 saturated carbocycles. The van der Waals surface area contributed by atoms with E-state index in [9.17, 15) is 0 Å². The molecule has 0 unspecified atom stereocenters. The molecule has 3 nitrogen and oxygen atoms in total. The Morgan fingerprint density at radius 2 is 1.90 bits per heavy atom. The fourth-order valence-electron chi connectivity index (χ4n) is 2.86. The van der Waals surface area contributed by atoms with Gasteiger partial charge in [0.15, 0.2) is 5.82 Å². The number of hydrogen-bond donors (Lipinski definition) is 0. The van der Waals surface area contributed by atoms with Crippen LogP contribution in [0.1, 0.15) is 49.4 Å². The van der Waals surface area contributed by atoms with Gasteiger partial charge in [0.25, 0.3) is 0 Å². The van der Waals surface area contributed by atoms with E-state index in [4.69, 9.17) is 16.1 Å². The van der Waals surface area contributed by atoms with Crippen LogP contribution in [0, 0.1) is 12.3 Å². The molecule has 1 aromatic heterocycles. The summed E-state index contributed by atoms with van der Waals surface area (Å²) in [5.41, 5.74) is 1.15. The zero-order valence-corrected chi connectivity index (χ0v) is 12.9.